The number of likely N-dealkylation sites (N-methyl/N-ethyl adjacent to an activating group) is 1. The van der Waals surface area contributed by atoms with Crippen LogP contribution in [-0.4, -0.2) is 68.8 Å². The van der Waals surface area contributed by atoms with Gasteiger partial charge in [0.1, 0.15) is 12.3 Å². The van der Waals surface area contributed by atoms with Crippen molar-refractivity contribution in [2.45, 2.75) is 0 Å². The third-order valence-corrected chi connectivity index (χ3v) is 5.44. The normalized spacial score (nSPS) is 10.3. The highest BCUT2D eigenvalue weighted by atomic mass is 79.9. The number of benzene rings is 2. The fourth-order valence-electron chi connectivity index (χ4n) is 3.14. The van der Waals surface area contributed by atoms with Crippen LogP contribution in [0.5, 0.6) is 28.9 Å². The Balaban J connectivity index is 1.88. The van der Waals surface area contributed by atoms with Crippen LogP contribution < -0.4 is 24.3 Å². The van der Waals surface area contributed by atoms with E-state index in [2.05, 4.69) is 36.0 Å². The Bertz CT molecular complexity index is 1230. The van der Waals surface area contributed by atoms with Crippen molar-refractivity contribution in [3.63, 3.8) is 0 Å². The van der Waals surface area contributed by atoms with E-state index >= 15 is 0 Å². The van der Waals surface area contributed by atoms with E-state index in [9.17, 15) is 9.59 Å². The molecule has 190 valence electrons. The van der Waals surface area contributed by atoms with Gasteiger partial charge in [-0.05, 0) is 28.1 Å². The highest BCUT2D eigenvalue weighted by Gasteiger charge is 2.21. The molecular formula is C24H25BrN4O7. The average molecular weight is 561 g/mol. The van der Waals surface area contributed by atoms with E-state index in [4.69, 9.17) is 18.9 Å². The van der Waals surface area contributed by atoms with Crippen molar-refractivity contribution >= 4 is 39.4 Å². The number of nitrogens with one attached hydrogen (secondary N) is 1. The number of hydrogen-bond acceptors (Lipinski definition) is 10. The minimum Gasteiger partial charge on any atom is -0.493 e. The maximum Gasteiger partial charge on any atom is 0.325 e. The number of esters is 1. The summed E-state index contributed by atoms with van der Waals surface area (Å²) < 4.78 is 27.2. The minimum absolute atomic E-state index is 0.163. The fourth-order valence-corrected chi connectivity index (χ4v) is 3.41. The molecule has 0 aliphatic heterocycles. The minimum atomic E-state index is -0.537. The lowest BCUT2D eigenvalue weighted by atomic mass is 10.2. The standard InChI is InChI=1S/C24H25BrN4O7/c1-29(13-20(30)34-4)23(31)15-8-6-7-9-17(15)36-22-16(25)12-26-24(28-22)27-14-10-18(32-2)21(35-5)19(11-14)33-3/h6-12H,13H2,1-5H3,(H,26,27,28). The van der Waals surface area contributed by atoms with Crippen molar-refractivity contribution in [1.29, 1.82) is 0 Å². The van der Waals surface area contributed by atoms with E-state index < -0.39 is 11.9 Å². The Hall–Kier alpha value is -4.06. The maximum absolute atomic E-state index is 12.9. The second kappa shape index (κ2) is 12.1. The number of para-hydroxylation sites is 1. The molecule has 11 nitrogen and oxygen atoms in total. The van der Waals surface area contributed by atoms with Crippen LogP contribution >= 0.6 is 15.9 Å². The van der Waals surface area contributed by atoms with Crippen molar-refractivity contribution in [2.75, 3.05) is 47.3 Å². The number of carbonyl (C=O) groups is 2. The van der Waals surface area contributed by atoms with E-state index in [1.807, 2.05) is 0 Å². The summed E-state index contributed by atoms with van der Waals surface area (Å²) in [6.07, 6.45) is 1.51. The zero-order valence-electron chi connectivity index (χ0n) is 20.3. The predicted octanol–water partition coefficient (Wildman–Crippen LogP) is 4.05. The van der Waals surface area contributed by atoms with Crippen molar-refractivity contribution in [1.82, 2.24) is 14.9 Å². The monoisotopic (exact) mass is 560 g/mol. The van der Waals surface area contributed by atoms with Gasteiger partial charge in [-0.25, -0.2) is 4.98 Å². The Morgan fingerprint density at radius 2 is 1.67 bits per heavy atom. The van der Waals surface area contributed by atoms with Crippen LogP contribution in [0.1, 0.15) is 10.4 Å². The van der Waals surface area contributed by atoms with Crippen molar-refractivity contribution < 1.29 is 33.3 Å². The third kappa shape index (κ3) is 6.13. The SMILES string of the molecule is COC(=O)CN(C)C(=O)c1ccccc1Oc1nc(Nc2cc(OC)c(OC)c(OC)c2)ncc1Br. The first kappa shape index (κ1) is 26.5. The lowest BCUT2D eigenvalue weighted by Crippen LogP contribution is -2.32. The highest BCUT2D eigenvalue weighted by molar-refractivity contribution is 9.10. The lowest BCUT2D eigenvalue weighted by Gasteiger charge is -2.18. The topological polar surface area (TPSA) is 121 Å². The quantitative estimate of drug-likeness (QED) is 0.363. The third-order valence-electron chi connectivity index (χ3n) is 4.90. The van der Waals surface area contributed by atoms with Crippen molar-refractivity contribution in [2.24, 2.45) is 0 Å². The molecule has 0 fully saturated rings. The van der Waals surface area contributed by atoms with E-state index in [0.29, 0.717) is 27.4 Å². The molecule has 1 aromatic heterocycles. The highest BCUT2D eigenvalue weighted by Crippen LogP contribution is 2.40. The number of halogens is 1. The molecule has 0 aliphatic carbocycles. The molecule has 1 N–H and O–H groups in total. The number of methoxy groups -OCH3 is 4. The van der Waals surface area contributed by atoms with Gasteiger partial charge in [0.2, 0.25) is 17.6 Å². The van der Waals surface area contributed by atoms with Gasteiger partial charge in [-0.1, -0.05) is 12.1 Å². The zero-order valence-corrected chi connectivity index (χ0v) is 21.9. The van der Waals surface area contributed by atoms with E-state index in [0.717, 1.165) is 0 Å². The Morgan fingerprint density at radius 3 is 2.28 bits per heavy atom. The van der Waals surface area contributed by atoms with E-state index in [1.54, 1.807) is 36.4 Å². The smallest absolute Gasteiger partial charge is 0.325 e. The molecule has 0 atom stereocenters. The van der Waals surface area contributed by atoms with Gasteiger partial charge >= 0.3 is 5.97 Å². The molecule has 0 spiro atoms. The molecule has 0 saturated carbocycles. The van der Waals surface area contributed by atoms with Crippen LogP contribution in [0.3, 0.4) is 0 Å². The summed E-state index contributed by atoms with van der Waals surface area (Å²) in [7, 11) is 7.31. The van der Waals surface area contributed by atoms with E-state index in [-0.39, 0.29) is 29.7 Å². The molecule has 3 aromatic rings. The van der Waals surface area contributed by atoms with Crippen molar-refractivity contribution in [3.8, 4) is 28.9 Å². The van der Waals surface area contributed by atoms with Crippen LogP contribution in [0.4, 0.5) is 11.6 Å². The van der Waals surface area contributed by atoms with Gasteiger partial charge < -0.3 is 33.9 Å². The molecule has 0 saturated heterocycles. The molecule has 2 aromatic carbocycles. The molecule has 0 unspecified atom stereocenters. The summed E-state index contributed by atoms with van der Waals surface area (Å²) in [6, 6.07) is 10.0. The van der Waals surface area contributed by atoms with Crippen LogP contribution in [0.25, 0.3) is 0 Å². The second-order valence-corrected chi connectivity index (χ2v) is 8.08. The first-order valence-corrected chi connectivity index (χ1v) is 11.3. The summed E-state index contributed by atoms with van der Waals surface area (Å²) in [6.45, 7) is -0.205. The molecule has 1 heterocycles. The largest absolute Gasteiger partial charge is 0.493 e. The first-order valence-electron chi connectivity index (χ1n) is 10.5. The van der Waals surface area contributed by atoms with E-state index in [1.165, 1.54) is 46.6 Å². The first-order chi connectivity index (χ1) is 17.3. The van der Waals surface area contributed by atoms with Gasteiger partial charge in [0.05, 0.1) is 44.7 Å². The number of carbonyl (C=O) groups excluding carboxylic acids is 2. The summed E-state index contributed by atoms with van der Waals surface area (Å²) in [5.41, 5.74) is 0.825. The molecular weight excluding hydrogens is 536 g/mol. The predicted molar refractivity (Wildman–Crippen MR) is 135 cm³/mol. The van der Waals surface area contributed by atoms with Crippen LogP contribution in [0.15, 0.2) is 47.1 Å². The van der Waals surface area contributed by atoms with Gasteiger partial charge in [-0.15, -0.1) is 0 Å². The lowest BCUT2D eigenvalue weighted by molar-refractivity contribution is -0.141. The zero-order chi connectivity index (χ0) is 26.2. The van der Waals surface area contributed by atoms with Gasteiger partial charge in [0.25, 0.3) is 5.91 Å². The van der Waals surface area contributed by atoms with Crippen LogP contribution in [-0.2, 0) is 9.53 Å². The number of nitrogens with zero attached hydrogens (tertiary/aromatic N) is 3. The number of rotatable bonds is 10. The Kier molecular flexibility index (Phi) is 8.90. The summed E-state index contributed by atoms with van der Waals surface area (Å²) in [5.74, 6) is 1.03. The van der Waals surface area contributed by atoms with Crippen LogP contribution in [0, 0.1) is 0 Å². The Labute approximate surface area is 216 Å². The van der Waals surface area contributed by atoms with Crippen LogP contribution in [0.2, 0.25) is 0 Å². The molecule has 12 heteroatoms. The van der Waals surface area contributed by atoms with Gasteiger partial charge in [-0.2, -0.15) is 4.98 Å². The molecule has 1 amide bonds. The fraction of sp³-hybridized carbons (Fsp3) is 0.250. The average Bonchev–Trinajstić information content (AvgIpc) is 2.89. The molecule has 0 aliphatic rings. The summed E-state index contributed by atoms with van der Waals surface area (Å²) >= 11 is 3.38. The Morgan fingerprint density at radius 1 is 1.00 bits per heavy atom. The maximum atomic E-state index is 12.9. The number of ether oxygens (including phenoxy) is 5. The molecule has 0 radical (unpaired) electrons. The molecule has 3 rings (SSSR count). The van der Waals surface area contributed by atoms with Gasteiger partial charge in [-0.3, -0.25) is 9.59 Å². The second-order valence-electron chi connectivity index (χ2n) is 7.22. The molecule has 36 heavy (non-hydrogen) atoms. The number of anilines is 2. The number of hydrogen-bond donors (Lipinski definition) is 1. The van der Waals surface area contributed by atoms with Gasteiger partial charge in [0.15, 0.2) is 11.5 Å². The van der Waals surface area contributed by atoms with Crippen molar-refractivity contribution in [3.05, 3.63) is 52.6 Å². The summed E-state index contributed by atoms with van der Waals surface area (Å²) in [4.78, 5) is 34.4. The number of aromatic nitrogens is 2. The van der Waals surface area contributed by atoms with Gasteiger partial charge in [0, 0.05) is 24.9 Å². The summed E-state index contributed by atoms with van der Waals surface area (Å²) in [5, 5.41) is 3.08. The molecule has 0 bridgehead atoms. The number of amides is 1.